The Kier molecular flexibility index (Phi) is 4.81. The lowest BCUT2D eigenvalue weighted by Crippen LogP contribution is -2.23. The first-order valence-corrected chi connectivity index (χ1v) is 8.65. The van der Waals surface area contributed by atoms with Gasteiger partial charge in [-0.2, -0.15) is 0 Å². The van der Waals surface area contributed by atoms with Crippen LogP contribution < -0.4 is 5.32 Å². The second-order valence-corrected chi connectivity index (χ2v) is 7.72. The fourth-order valence-corrected chi connectivity index (χ4v) is 3.44. The fourth-order valence-electron chi connectivity index (χ4n) is 1.53. The number of amides is 1. The monoisotopic (exact) mass is 347 g/mol. The van der Waals surface area contributed by atoms with Gasteiger partial charge >= 0.3 is 0 Å². The van der Waals surface area contributed by atoms with Crippen molar-refractivity contribution in [1.82, 2.24) is 15.3 Å². The van der Waals surface area contributed by atoms with Gasteiger partial charge in [0.2, 0.25) is 0 Å². The largest absolute Gasteiger partial charge is 0.346 e. The Morgan fingerprint density at radius 2 is 2.09 bits per heavy atom. The van der Waals surface area contributed by atoms with Crippen LogP contribution in [0, 0.1) is 0 Å². The lowest BCUT2D eigenvalue weighted by molar-refractivity contribution is 0.0945. The van der Waals surface area contributed by atoms with E-state index < -0.39 is 27.9 Å². The minimum Gasteiger partial charge on any atom is -0.346 e. The third kappa shape index (κ3) is 4.04. The van der Waals surface area contributed by atoms with Gasteiger partial charge in [-0.1, -0.05) is 0 Å². The lowest BCUT2D eigenvalue weighted by atomic mass is 10.3. The van der Waals surface area contributed by atoms with E-state index in [1.807, 2.05) is 0 Å². The van der Waals surface area contributed by atoms with E-state index in [4.69, 9.17) is 0 Å². The van der Waals surface area contributed by atoms with E-state index >= 15 is 0 Å². The Bertz CT molecular complexity index is 790. The van der Waals surface area contributed by atoms with Crippen molar-refractivity contribution in [3.63, 3.8) is 0 Å². The summed E-state index contributed by atoms with van der Waals surface area (Å²) in [5.41, 5.74) is -0.708. The van der Waals surface area contributed by atoms with Crippen molar-refractivity contribution in [3.05, 3.63) is 40.8 Å². The van der Waals surface area contributed by atoms with Crippen molar-refractivity contribution in [2.45, 2.75) is 17.2 Å². The van der Waals surface area contributed by atoms with Crippen molar-refractivity contribution in [2.75, 3.05) is 6.26 Å². The third-order valence-electron chi connectivity index (χ3n) is 2.57. The smallest absolute Gasteiger partial charge is 0.280 e. The zero-order chi connectivity index (χ0) is 16.3. The molecule has 2 aromatic rings. The zero-order valence-electron chi connectivity index (χ0n) is 11.3. The number of sulfone groups is 1. The predicted octanol–water partition coefficient (Wildman–Crippen LogP) is 1.81. The molecule has 0 bridgehead atoms. The number of rotatable bonds is 5. The maximum absolute atomic E-state index is 12.5. The summed E-state index contributed by atoms with van der Waals surface area (Å²) in [6, 6.07) is 3.93. The molecule has 1 amide bonds. The molecule has 2 heterocycles. The Hall–Kier alpha value is -1.94. The molecule has 22 heavy (non-hydrogen) atoms. The Balaban J connectivity index is 2.04. The quantitative estimate of drug-likeness (QED) is 0.891. The second-order valence-electron chi connectivity index (χ2n) is 4.30. The molecule has 0 radical (unpaired) electrons. The van der Waals surface area contributed by atoms with Crippen LogP contribution >= 0.6 is 11.3 Å². The van der Waals surface area contributed by atoms with Gasteiger partial charge in [0.15, 0.2) is 9.84 Å². The highest BCUT2D eigenvalue weighted by atomic mass is 32.2. The van der Waals surface area contributed by atoms with Gasteiger partial charge in [0.1, 0.15) is 21.9 Å². The number of nitrogens with zero attached hydrogens (tertiary/aromatic N) is 2. The van der Waals surface area contributed by atoms with Crippen LogP contribution in [0.5, 0.6) is 0 Å². The first-order chi connectivity index (χ1) is 10.3. The highest BCUT2D eigenvalue weighted by Gasteiger charge is 2.15. The van der Waals surface area contributed by atoms with Gasteiger partial charge in [-0.15, -0.1) is 11.3 Å². The van der Waals surface area contributed by atoms with E-state index in [1.54, 1.807) is 6.07 Å². The van der Waals surface area contributed by atoms with Crippen molar-refractivity contribution in [1.29, 1.82) is 0 Å². The standard InChI is InChI=1S/C12H11F2N3O3S2/c1-22(19,20)10-3-2-7(21-10)5-15-12(18)9-4-8(11(13)14)16-6-17-9/h2-4,6,11H,5H2,1H3,(H,15,18). The number of nitrogens with one attached hydrogen (secondary N) is 1. The molecule has 118 valence electrons. The van der Waals surface area contributed by atoms with E-state index in [-0.39, 0.29) is 16.4 Å². The number of halogens is 2. The van der Waals surface area contributed by atoms with Crippen LogP contribution in [0.25, 0.3) is 0 Å². The number of carbonyl (C=O) groups excluding carboxylic acids is 1. The number of hydrogen-bond donors (Lipinski definition) is 1. The summed E-state index contributed by atoms with van der Waals surface area (Å²) in [4.78, 5) is 19.5. The summed E-state index contributed by atoms with van der Waals surface area (Å²) in [7, 11) is -3.29. The van der Waals surface area contributed by atoms with Crippen LogP contribution in [-0.4, -0.2) is 30.5 Å². The van der Waals surface area contributed by atoms with Gasteiger partial charge < -0.3 is 5.32 Å². The second kappa shape index (κ2) is 6.44. The van der Waals surface area contributed by atoms with Crippen molar-refractivity contribution >= 4 is 27.1 Å². The Morgan fingerprint density at radius 1 is 1.36 bits per heavy atom. The SMILES string of the molecule is CS(=O)(=O)c1ccc(CNC(=O)c2cc(C(F)F)ncn2)s1. The molecule has 0 unspecified atom stereocenters. The number of alkyl halides is 2. The van der Waals surface area contributed by atoms with Crippen LogP contribution in [0.1, 0.15) is 27.5 Å². The highest BCUT2D eigenvalue weighted by Crippen LogP contribution is 2.21. The van der Waals surface area contributed by atoms with E-state index in [2.05, 4.69) is 15.3 Å². The van der Waals surface area contributed by atoms with E-state index in [1.165, 1.54) is 6.07 Å². The molecule has 0 saturated heterocycles. The number of carbonyl (C=O) groups is 1. The molecular weight excluding hydrogens is 336 g/mol. The first-order valence-electron chi connectivity index (χ1n) is 5.94. The maximum Gasteiger partial charge on any atom is 0.280 e. The molecule has 0 spiro atoms. The van der Waals surface area contributed by atoms with Crippen LogP contribution in [0.3, 0.4) is 0 Å². The van der Waals surface area contributed by atoms with Crippen LogP contribution in [0.4, 0.5) is 8.78 Å². The van der Waals surface area contributed by atoms with Gasteiger partial charge in [-0.3, -0.25) is 4.79 Å². The molecule has 0 aliphatic rings. The van der Waals surface area contributed by atoms with Gasteiger partial charge in [0.05, 0.1) is 6.54 Å². The Morgan fingerprint density at radius 3 is 2.68 bits per heavy atom. The summed E-state index contributed by atoms with van der Waals surface area (Å²) in [6.07, 6.45) is -0.804. The van der Waals surface area contributed by atoms with Crippen molar-refractivity contribution in [2.24, 2.45) is 0 Å². The fraction of sp³-hybridized carbons (Fsp3) is 0.250. The average molecular weight is 347 g/mol. The van der Waals surface area contributed by atoms with Crippen LogP contribution in [0.15, 0.2) is 28.7 Å². The van der Waals surface area contributed by atoms with Crippen LogP contribution in [-0.2, 0) is 16.4 Å². The molecule has 0 fully saturated rings. The average Bonchev–Trinajstić information content (AvgIpc) is 2.94. The summed E-state index contributed by atoms with van der Waals surface area (Å²) in [6.45, 7) is 0.0764. The zero-order valence-corrected chi connectivity index (χ0v) is 12.9. The molecule has 1 N–H and O–H groups in total. The van der Waals surface area contributed by atoms with Crippen molar-refractivity contribution < 1.29 is 22.0 Å². The van der Waals surface area contributed by atoms with E-state index in [0.717, 1.165) is 30.0 Å². The molecule has 10 heteroatoms. The maximum atomic E-state index is 12.5. The highest BCUT2D eigenvalue weighted by molar-refractivity contribution is 7.92. The van der Waals surface area contributed by atoms with Gasteiger partial charge in [0, 0.05) is 11.1 Å². The normalized spacial score (nSPS) is 11.6. The predicted molar refractivity (Wildman–Crippen MR) is 75.6 cm³/mol. The number of thiophene rings is 1. The molecule has 2 aromatic heterocycles. The third-order valence-corrected chi connectivity index (χ3v) is 5.48. The van der Waals surface area contributed by atoms with Gasteiger partial charge in [-0.05, 0) is 18.2 Å². The minimum absolute atomic E-state index is 0.0764. The van der Waals surface area contributed by atoms with Gasteiger partial charge in [0.25, 0.3) is 12.3 Å². The Labute approximate surface area is 129 Å². The molecule has 0 aliphatic carbocycles. The molecule has 0 aliphatic heterocycles. The lowest BCUT2D eigenvalue weighted by Gasteiger charge is -2.04. The van der Waals surface area contributed by atoms with Gasteiger partial charge in [-0.25, -0.2) is 27.2 Å². The molecule has 0 aromatic carbocycles. The summed E-state index contributed by atoms with van der Waals surface area (Å²) < 4.78 is 47.9. The first kappa shape index (κ1) is 16.4. The summed E-state index contributed by atoms with van der Waals surface area (Å²) in [5, 5.41) is 2.49. The summed E-state index contributed by atoms with van der Waals surface area (Å²) in [5.74, 6) is -0.640. The number of hydrogen-bond acceptors (Lipinski definition) is 6. The van der Waals surface area contributed by atoms with Crippen molar-refractivity contribution in [3.8, 4) is 0 Å². The van der Waals surface area contributed by atoms with E-state index in [9.17, 15) is 22.0 Å². The number of aromatic nitrogens is 2. The van der Waals surface area contributed by atoms with Crippen LogP contribution in [0.2, 0.25) is 0 Å². The minimum atomic E-state index is -3.29. The molecular formula is C12H11F2N3O3S2. The molecule has 0 atom stereocenters. The molecule has 2 rings (SSSR count). The summed E-state index contributed by atoms with van der Waals surface area (Å²) >= 11 is 1.03. The molecule has 0 saturated carbocycles. The topological polar surface area (TPSA) is 89.0 Å². The van der Waals surface area contributed by atoms with E-state index in [0.29, 0.717) is 4.88 Å². The molecule has 6 nitrogen and oxygen atoms in total.